The van der Waals surface area contributed by atoms with E-state index in [0.717, 1.165) is 18.2 Å². The molecule has 0 saturated carbocycles. The normalized spacial score (nSPS) is 11.4. The number of rotatable bonds is 3. The molecule has 1 heterocycles. The number of aromatic nitrogens is 1. The Kier molecular flexibility index (Phi) is 4.84. The van der Waals surface area contributed by atoms with Crippen molar-refractivity contribution in [1.29, 1.82) is 0 Å². The van der Waals surface area contributed by atoms with Gasteiger partial charge in [0.05, 0.1) is 18.4 Å². The molecule has 2 aromatic carbocycles. The van der Waals surface area contributed by atoms with Gasteiger partial charge in [-0.1, -0.05) is 17.7 Å². The van der Waals surface area contributed by atoms with E-state index in [4.69, 9.17) is 11.6 Å². The molecule has 0 atom stereocenters. The summed E-state index contributed by atoms with van der Waals surface area (Å²) >= 11 is 5.97. The van der Waals surface area contributed by atoms with Crippen LogP contribution in [0.4, 0.5) is 18.9 Å². The quantitative estimate of drug-likeness (QED) is 0.620. The first kappa shape index (κ1) is 18.8. The predicted molar refractivity (Wildman–Crippen MR) is 94.0 cm³/mol. The highest BCUT2D eigenvalue weighted by atomic mass is 35.5. The Morgan fingerprint density at radius 2 is 1.89 bits per heavy atom. The Morgan fingerprint density at radius 3 is 2.56 bits per heavy atom. The maximum absolute atomic E-state index is 12.9. The highest BCUT2D eigenvalue weighted by molar-refractivity contribution is 6.31. The van der Waals surface area contributed by atoms with Gasteiger partial charge in [0.25, 0.3) is 5.91 Å². The average molecular weight is 397 g/mol. The Hall–Kier alpha value is -3.00. The zero-order chi connectivity index (χ0) is 19.8. The number of esters is 1. The van der Waals surface area contributed by atoms with Crippen molar-refractivity contribution in [3.63, 3.8) is 0 Å². The molecule has 140 valence electrons. The lowest BCUT2D eigenvalue weighted by molar-refractivity contribution is -0.137. The van der Waals surface area contributed by atoms with Crippen LogP contribution < -0.4 is 5.32 Å². The van der Waals surface area contributed by atoms with Crippen LogP contribution >= 0.6 is 11.6 Å². The van der Waals surface area contributed by atoms with Crippen LogP contribution in [0.25, 0.3) is 10.9 Å². The second-order valence-corrected chi connectivity index (χ2v) is 6.03. The van der Waals surface area contributed by atoms with Crippen LogP contribution in [0.5, 0.6) is 0 Å². The average Bonchev–Trinajstić information content (AvgIpc) is 2.98. The van der Waals surface area contributed by atoms with E-state index in [-0.39, 0.29) is 16.9 Å². The van der Waals surface area contributed by atoms with Crippen LogP contribution in [0.1, 0.15) is 26.4 Å². The van der Waals surface area contributed by atoms with Crippen molar-refractivity contribution in [1.82, 2.24) is 4.98 Å². The largest absolute Gasteiger partial charge is 0.464 e. The van der Waals surface area contributed by atoms with Gasteiger partial charge in [-0.3, -0.25) is 4.79 Å². The lowest BCUT2D eigenvalue weighted by Crippen LogP contribution is -2.16. The van der Waals surface area contributed by atoms with Crippen molar-refractivity contribution in [3.05, 3.63) is 64.3 Å². The standard InChI is InChI=1S/C18H12ClF3N2O3/c1-27-17(26)15-14(12-8-11(19)5-6-13(12)23-15)24-16(25)9-3-2-4-10(7-9)18(20,21)22/h2-8,23H,1H3,(H,24,25). The molecule has 9 heteroatoms. The van der Waals surface area contributed by atoms with Crippen molar-refractivity contribution < 1.29 is 27.5 Å². The highest BCUT2D eigenvalue weighted by Gasteiger charge is 2.31. The summed E-state index contributed by atoms with van der Waals surface area (Å²) in [5.74, 6) is -1.56. The van der Waals surface area contributed by atoms with Gasteiger partial charge in [0.15, 0.2) is 0 Å². The smallest absolute Gasteiger partial charge is 0.416 e. The highest BCUT2D eigenvalue weighted by Crippen LogP contribution is 2.32. The van der Waals surface area contributed by atoms with Gasteiger partial charge in [-0.05, 0) is 36.4 Å². The zero-order valence-electron chi connectivity index (χ0n) is 13.8. The lowest BCUT2D eigenvalue weighted by Gasteiger charge is -2.10. The van der Waals surface area contributed by atoms with Gasteiger partial charge in [0.2, 0.25) is 0 Å². The van der Waals surface area contributed by atoms with Crippen LogP contribution in [0.15, 0.2) is 42.5 Å². The predicted octanol–water partition coefficient (Wildman–Crippen LogP) is 4.88. The molecule has 27 heavy (non-hydrogen) atoms. The van der Waals surface area contributed by atoms with E-state index in [1.807, 2.05) is 0 Å². The van der Waals surface area contributed by atoms with Crippen LogP contribution in [0.2, 0.25) is 5.02 Å². The van der Waals surface area contributed by atoms with Crippen LogP contribution in [0, 0.1) is 0 Å². The third-order valence-corrected chi connectivity index (χ3v) is 4.08. The van der Waals surface area contributed by atoms with E-state index in [1.54, 1.807) is 12.1 Å². The number of alkyl halides is 3. The number of hydrogen-bond acceptors (Lipinski definition) is 3. The fourth-order valence-electron chi connectivity index (χ4n) is 2.57. The fraction of sp³-hybridized carbons (Fsp3) is 0.111. The van der Waals surface area contributed by atoms with Crippen molar-refractivity contribution in [2.45, 2.75) is 6.18 Å². The number of carbonyl (C=O) groups excluding carboxylic acids is 2. The van der Waals surface area contributed by atoms with E-state index in [0.29, 0.717) is 15.9 Å². The third-order valence-electron chi connectivity index (χ3n) is 3.84. The number of anilines is 1. The Morgan fingerprint density at radius 1 is 1.15 bits per heavy atom. The van der Waals surface area contributed by atoms with E-state index in [1.165, 1.54) is 19.2 Å². The summed E-state index contributed by atoms with van der Waals surface area (Å²) in [5.41, 5.74) is -0.640. The molecular weight excluding hydrogens is 385 g/mol. The van der Waals surface area contributed by atoms with E-state index in [9.17, 15) is 22.8 Å². The van der Waals surface area contributed by atoms with Crippen molar-refractivity contribution >= 4 is 40.1 Å². The topological polar surface area (TPSA) is 71.2 Å². The van der Waals surface area contributed by atoms with Gasteiger partial charge in [-0.2, -0.15) is 13.2 Å². The van der Waals surface area contributed by atoms with Gasteiger partial charge in [-0.25, -0.2) is 4.79 Å². The third kappa shape index (κ3) is 3.75. The molecule has 3 rings (SSSR count). The van der Waals surface area contributed by atoms with Crippen molar-refractivity contribution in [2.24, 2.45) is 0 Å². The Bertz CT molecular complexity index is 1040. The number of carbonyl (C=O) groups is 2. The van der Waals surface area contributed by atoms with E-state index >= 15 is 0 Å². The van der Waals surface area contributed by atoms with Gasteiger partial charge >= 0.3 is 12.1 Å². The summed E-state index contributed by atoms with van der Waals surface area (Å²) in [4.78, 5) is 27.3. The molecule has 2 N–H and O–H groups in total. The molecule has 1 aromatic heterocycles. The Balaban J connectivity index is 2.04. The first-order chi connectivity index (χ1) is 12.7. The minimum absolute atomic E-state index is 0.0462. The van der Waals surface area contributed by atoms with Crippen LogP contribution in [-0.2, 0) is 10.9 Å². The number of halogens is 4. The molecule has 0 aliphatic carbocycles. The zero-order valence-corrected chi connectivity index (χ0v) is 14.5. The Labute approximate surface area is 156 Å². The molecule has 0 fully saturated rings. The number of hydrogen-bond donors (Lipinski definition) is 2. The molecule has 1 amide bonds. The van der Waals surface area contributed by atoms with Crippen molar-refractivity contribution in [2.75, 3.05) is 12.4 Å². The summed E-state index contributed by atoms with van der Waals surface area (Å²) in [7, 11) is 1.17. The molecule has 0 saturated heterocycles. The fourth-order valence-corrected chi connectivity index (χ4v) is 2.74. The van der Waals surface area contributed by atoms with Crippen LogP contribution in [0.3, 0.4) is 0 Å². The molecule has 3 aromatic rings. The SMILES string of the molecule is COC(=O)c1[nH]c2ccc(Cl)cc2c1NC(=O)c1cccc(C(F)(F)F)c1. The van der Waals surface area contributed by atoms with Gasteiger partial charge in [0, 0.05) is 21.5 Å². The number of amides is 1. The lowest BCUT2D eigenvalue weighted by atomic mass is 10.1. The first-order valence-corrected chi connectivity index (χ1v) is 7.96. The second-order valence-electron chi connectivity index (χ2n) is 5.59. The van der Waals surface area contributed by atoms with Gasteiger partial charge in [0.1, 0.15) is 5.69 Å². The number of benzene rings is 2. The second kappa shape index (κ2) is 6.96. The van der Waals surface area contributed by atoms with Crippen LogP contribution in [-0.4, -0.2) is 24.0 Å². The first-order valence-electron chi connectivity index (χ1n) is 7.59. The summed E-state index contributed by atoms with van der Waals surface area (Å²) in [6.45, 7) is 0. The minimum atomic E-state index is -4.58. The number of fused-ring (bicyclic) bond motifs is 1. The summed E-state index contributed by atoms with van der Waals surface area (Å²) in [5, 5.41) is 3.25. The molecular formula is C18H12ClF3N2O3. The number of H-pyrrole nitrogens is 1. The summed E-state index contributed by atoms with van der Waals surface area (Å²) in [6, 6.07) is 8.66. The maximum atomic E-state index is 12.9. The summed E-state index contributed by atoms with van der Waals surface area (Å²) < 4.78 is 43.3. The maximum Gasteiger partial charge on any atom is 0.416 e. The van der Waals surface area contributed by atoms with Gasteiger partial charge in [-0.15, -0.1) is 0 Å². The molecule has 0 spiro atoms. The van der Waals surface area contributed by atoms with Crippen molar-refractivity contribution in [3.8, 4) is 0 Å². The van der Waals surface area contributed by atoms with E-state index in [2.05, 4.69) is 15.0 Å². The van der Waals surface area contributed by atoms with Gasteiger partial charge < -0.3 is 15.0 Å². The molecule has 5 nitrogen and oxygen atoms in total. The molecule has 0 unspecified atom stereocenters. The molecule has 0 radical (unpaired) electrons. The number of nitrogens with one attached hydrogen (secondary N) is 2. The number of ether oxygens (including phenoxy) is 1. The minimum Gasteiger partial charge on any atom is -0.464 e. The number of aromatic amines is 1. The number of methoxy groups -OCH3 is 1. The molecule has 0 aliphatic rings. The summed E-state index contributed by atoms with van der Waals surface area (Å²) in [6.07, 6.45) is -4.58. The molecule has 0 aliphatic heterocycles. The van der Waals surface area contributed by atoms with E-state index < -0.39 is 23.6 Å². The monoisotopic (exact) mass is 396 g/mol. The molecule has 0 bridgehead atoms.